The monoisotopic (exact) mass is 492 g/mol. The van der Waals surface area contributed by atoms with Gasteiger partial charge in [-0.1, -0.05) is 12.1 Å². The van der Waals surface area contributed by atoms with Crippen LogP contribution in [0, 0.1) is 11.7 Å². The normalized spacial score (nSPS) is 16.2. The lowest BCUT2D eigenvalue weighted by atomic mass is 9.91. The minimum atomic E-state index is -0.792. The molecular weight excluding hydrogens is 463 g/mol. The molecule has 1 unspecified atom stereocenters. The van der Waals surface area contributed by atoms with Crippen LogP contribution in [0.3, 0.4) is 0 Å². The molecule has 2 aromatic carbocycles. The van der Waals surface area contributed by atoms with E-state index in [1.54, 1.807) is 18.3 Å². The molecule has 0 aliphatic heterocycles. The van der Waals surface area contributed by atoms with Gasteiger partial charge < -0.3 is 19.3 Å². The SMILES string of the molecule is COc1ccc(F)c(-c2ncc(COc3cccc(C(CC(=O)O)C4CC4)c3)nc2OC2CCC2)c1. The highest BCUT2D eigenvalue weighted by molar-refractivity contribution is 5.68. The second-order valence-corrected chi connectivity index (χ2v) is 9.43. The molecule has 5 rings (SSSR count). The molecule has 2 aliphatic carbocycles. The molecule has 2 saturated carbocycles. The summed E-state index contributed by atoms with van der Waals surface area (Å²) in [5, 5.41) is 9.32. The predicted octanol–water partition coefficient (Wildman–Crippen LogP) is 5.77. The first kappa shape index (κ1) is 24.0. The van der Waals surface area contributed by atoms with Crippen LogP contribution < -0.4 is 14.2 Å². The fourth-order valence-corrected chi connectivity index (χ4v) is 4.44. The number of carbonyl (C=O) groups is 1. The fraction of sp³-hybridized carbons (Fsp3) is 0.393. The van der Waals surface area contributed by atoms with Crippen LogP contribution in [-0.2, 0) is 11.4 Å². The molecule has 3 aromatic rings. The van der Waals surface area contributed by atoms with Gasteiger partial charge in [0.15, 0.2) is 0 Å². The molecule has 188 valence electrons. The molecule has 8 heteroatoms. The van der Waals surface area contributed by atoms with Gasteiger partial charge in [0.2, 0.25) is 5.88 Å². The van der Waals surface area contributed by atoms with Gasteiger partial charge >= 0.3 is 5.97 Å². The maximum absolute atomic E-state index is 14.7. The topological polar surface area (TPSA) is 90.8 Å². The number of methoxy groups -OCH3 is 1. The minimum absolute atomic E-state index is 0.00892. The number of hydrogen-bond acceptors (Lipinski definition) is 6. The van der Waals surface area contributed by atoms with Crippen molar-refractivity contribution in [3.63, 3.8) is 0 Å². The van der Waals surface area contributed by atoms with Crippen molar-refractivity contribution in [2.45, 2.75) is 57.2 Å². The smallest absolute Gasteiger partial charge is 0.303 e. The van der Waals surface area contributed by atoms with Crippen LogP contribution in [0.15, 0.2) is 48.7 Å². The lowest BCUT2D eigenvalue weighted by Crippen LogP contribution is -2.25. The van der Waals surface area contributed by atoms with E-state index in [9.17, 15) is 14.3 Å². The van der Waals surface area contributed by atoms with Crippen molar-refractivity contribution in [2.24, 2.45) is 5.92 Å². The van der Waals surface area contributed by atoms with Crippen LogP contribution in [0.4, 0.5) is 4.39 Å². The Morgan fingerprint density at radius 3 is 2.67 bits per heavy atom. The van der Waals surface area contributed by atoms with E-state index in [4.69, 9.17) is 14.2 Å². The summed E-state index contributed by atoms with van der Waals surface area (Å²) in [5.74, 6) is 0.605. The van der Waals surface area contributed by atoms with Crippen molar-refractivity contribution >= 4 is 5.97 Å². The molecule has 1 N–H and O–H groups in total. The molecule has 2 fully saturated rings. The highest BCUT2D eigenvalue weighted by atomic mass is 19.1. The van der Waals surface area contributed by atoms with Gasteiger partial charge in [0, 0.05) is 5.56 Å². The summed E-state index contributed by atoms with van der Waals surface area (Å²) < 4.78 is 32.0. The summed E-state index contributed by atoms with van der Waals surface area (Å²) in [7, 11) is 1.53. The number of ether oxygens (including phenoxy) is 3. The Labute approximate surface area is 209 Å². The first-order chi connectivity index (χ1) is 17.5. The van der Waals surface area contributed by atoms with Crippen LogP contribution in [0.2, 0.25) is 0 Å². The molecule has 1 aromatic heterocycles. The molecule has 1 heterocycles. The first-order valence-corrected chi connectivity index (χ1v) is 12.3. The van der Waals surface area contributed by atoms with E-state index < -0.39 is 11.8 Å². The highest BCUT2D eigenvalue weighted by Gasteiger charge is 2.34. The molecule has 7 nitrogen and oxygen atoms in total. The summed E-state index contributed by atoms with van der Waals surface area (Å²) in [6, 6.07) is 12.1. The van der Waals surface area contributed by atoms with Crippen molar-refractivity contribution in [1.29, 1.82) is 0 Å². The Morgan fingerprint density at radius 2 is 1.97 bits per heavy atom. The number of aromatic nitrogens is 2. The second-order valence-electron chi connectivity index (χ2n) is 9.43. The maximum atomic E-state index is 14.7. The molecule has 2 aliphatic rings. The molecule has 0 spiro atoms. The lowest BCUT2D eigenvalue weighted by Gasteiger charge is -2.26. The summed E-state index contributed by atoms with van der Waals surface area (Å²) in [5.41, 5.74) is 2.11. The zero-order chi connectivity index (χ0) is 25.1. The number of hydrogen-bond donors (Lipinski definition) is 1. The van der Waals surface area contributed by atoms with E-state index in [0.717, 1.165) is 37.7 Å². The van der Waals surface area contributed by atoms with Gasteiger partial charge in [-0.05, 0) is 79.8 Å². The fourth-order valence-electron chi connectivity index (χ4n) is 4.44. The third-order valence-electron chi connectivity index (χ3n) is 6.81. The molecule has 1 atom stereocenters. The largest absolute Gasteiger partial charge is 0.497 e. The van der Waals surface area contributed by atoms with Gasteiger partial charge in [0.05, 0.1) is 19.7 Å². The van der Waals surface area contributed by atoms with Gasteiger partial charge in [-0.25, -0.2) is 14.4 Å². The Hall–Kier alpha value is -3.68. The van der Waals surface area contributed by atoms with Gasteiger partial charge in [0.25, 0.3) is 0 Å². The number of nitrogens with zero attached hydrogens (tertiary/aromatic N) is 2. The van der Waals surface area contributed by atoms with Crippen LogP contribution >= 0.6 is 0 Å². The Kier molecular flexibility index (Phi) is 7.02. The molecule has 0 bridgehead atoms. The Morgan fingerprint density at radius 1 is 1.14 bits per heavy atom. The Bertz CT molecular complexity index is 1240. The van der Waals surface area contributed by atoms with Crippen molar-refractivity contribution in [3.8, 4) is 28.6 Å². The third kappa shape index (κ3) is 5.58. The quantitative estimate of drug-likeness (QED) is 0.363. The maximum Gasteiger partial charge on any atom is 0.303 e. The zero-order valence-electron chi connectivity index (χ0n) is 20.2. The summed E-state index contributed by atoms with van der Waals surface area (Å²) in [4.78, 5) is 20.5. The van der Waals surface area contributed by atoms with Crippen LogP contribution in [0.25, 0.3) is 11.3 Å². The van der Waals surface area contributed by atoms with Gasteiger partial charge in [-0.3, -0.25) is 4.79 Å². The standard InChI is InChI=1S/C28H29FN2O5/c1-34-21-10-11-25(29)24(13-21)27-28(36-20-5-3-6-20)31-19(15-30-27)16-35-22-7-2-4-18(12-22)23(14-26(32)33)17-8-9-17/h2,4,7,10-13,15,17,20,23H,3,5-6,8-9,14,16H2,1H3,(H,32,33). The number of benzene rings is 2. The zero-order valence-corrected chi connectivity index (χ0v) is 20.2. The average Bonchev–Trinajstić information content (AvgIpc) is 3.69. The van der Waals surface area contributed by atoms with E-state index in [0.29, 0.717) is 28.8 Å². The van der Waals surface area contributed by atoms with E-state index >= 15 is 0 Å². The number of aliphatic carboxylic acids is 1. The number of halogens is 1. The molecule has 0 amide bonds. The van der Waals surface area contributed by atoms with Crippen molar-refractivity contribution in [3.05, 3.63) is 65.7 Å². The summed E-state index contributed by atoms with van der Waals surface area (Å²) in [6.07, 6.45) is 6.76. The highest BCUT2D eigenvalue weighted by Crippen LogP contribution is 2.45. The third-order valence-corrected chi connectivity index (χ3v) is 6.81. The Balaban J connectivity index is 1.36. The van der Waals surface area contributed by atoms with E-state index in [-0.39, 0.29) is 36.5 Å². The van der Waals surface area contributed by atoms with E-state index in [2.05, 4.69) is 9.97 Å². The van der Waals surface area contributed by atoms with E-state index in [1.807, 2.05) is 24.3 Å². The van der Waals surface area contributed by atoms with Crippen molar-refractivity contribution in [2.75, 3.05) is 7.11 Å². The molecule has 0 radical (unpaired) electrons. The number of carboxylic acids is 1. The van der Waals surface area contributed by atoms with Crippen molar-refractivity contribution < 1.29 is 28.5 Å². The lowest BCUT2D eigenvalue weighted by molar-refractivity contribution is -0.137. The van der Waals surface area contributed by atoms with Crippen LogP contribution in [0.1, 0.15) is 55.7 Å². The average molecular weight is 493 g/mol. The molecule has 36 heavy (non-hydrogen) atoms. The van der Waals surface area contributed by atoms with Crippen LogP contribution in [-0.4, -0.2) is 34.3 Å². The second kappa shape index (κ2) is 10.5. The minimum Gasteiger partial charge on any atom is -0.497 e. The summed E-state index contributed by atoms with van der Waals surface area (Å²) in [6.45, 7) is 0.144. The number of rotatable bonds is 11. The van der Waals surface area contributed by atoms with Crippen LogP contribution in [0.5, 0.6) is 17.4 Å². The van der Waals surface area contributed by atoms with Gasteiger partial charge in [0.1, 0.15) is 41.4 Å². The summed E-state index contributed by atoms with van der Waals surface area (Å²) >= 11 is 0. The number of carboxylic acid groups (broad SMARTS) is 1. The van der Waals surface area contributed by atoms with Gasteiger partial charge in [-0.15, -0.1) is 0 Å². The van der Waals surface area contributed by atoms with E-state index in [1.165, 1.54) is 13.2 Å². The van der Waals surface area contributed by atoms with Crippen molar-refractivity contribution in [1.82, 2.24) is 9.97 Å². The first-order valence-electron chi connectivity index (χ1n) is 12.3. The molecule has 0 saturated heterocycles. The predicted molar refractivity (Wildman–Crippen MR) is 131 cm³/mol. The molecular formula is C28H29FN2O5. The van der Waals surface area contributed by atoms with Gasteiger partial charge in [-0.2, -0.15) is 0 Å².